The molecule has 9 heteroatoms. The molecule has 0 aromatic carbocycles. The predicted molar refractivity (Wildman–Crippen MR) is 101 cm³/mol. The smallest absolute Gasteiger partial charge is 0.332 e. The number of pyridine rings is 1. The van der Waals surface area contributed by atoms with Gasteiger partial charge in [-0.05, 0) is 12.5 Å². The molecule has 1 unspecified atom stereocenters. The van der Waals surface area contributed by atoms with E-state index in [0.29, 0.717) is 30.3 Å². The number of rotatable bonds is 2. The molecular weight excluding hydrogens is 348 g/mol. The fourth-order valence-electron chi connectivity index (χ4n) is 4.04. The van der Waals surface area contributed by atoms with Gasteiger partial charge in [-0.1, -0.05) is 0 Å². The van der Waals surface area contributed by atoms with Gasteiger partial charge in [-0.15, -0.1) is 0 Å². The van der Waals surface area contributed by atoms with Crippen LogP contribution in [0.3, 0.4) is 0 Å². The van der Waals surface area contributed by atoms with Gasteiger partial charge in [0.25, 0.3) is 11.5 Å². The molecule has 4 heterocycles. The number of hydrogen-bond donors (Lipinski definition) is 1. The normalized spacial score (nSPS) is 21.1. The van der Waals surface area contributed by atoms with E-state index in [1.54, 1.807) is 13.1 Å². The molecule has 1 atom stereocenters. The molecule has 144 valence electrons. The van der Waals surface area contributed by atoms with E-state index in [2.05, 4.69) is 15.2 Å². The number of nitrogens with zero attached hydrogens (tertiary/aromatic N) is 5. The number of likely N-dealkylation sites (tertiary alicyclic amines) is 1. The summed E-state index contributed by atoms with van der Waals surface area (Å²) in [5.74, 6) is -0.113. The van der Waals surface area contributed by atoms with E-state index in [-0.39, 0.29) is 11.3 Å². The number of nitrogens with one attached hydrogen (secondary N) is 1. The van der Waals surface area contributed by atoms with Crippen LogP contribution >= 0.6 is 0 Å². The molecular formula is C18H24N6O3. The third-order valence-electron chi connectivity index (χ3n) is 5.66. The van der Waals surface area contributed by atoms with Crippen LogP contribution in [0.2, 0.25) is 0 Å². The van der Waals surface area contributed by atoms with Gasteiger partial charge in [0.15, 0.2) is 0 Å². The number of carbonyl (C=O) groups excluding carboxylic acids is 1. The molecule has 0 aliphatic carbocycles. The highest BCUT2D eigenvalue weighted by Gasteiger charge is 2.31. The average Bonchev–Trinajstić information content (AvgIpc) is 3.20. The van der Waals surface area contributed by atoms with Crippen LogP contribution in [0.25, 0.3) is 11.0 Å². The summed E-state index contributed by atoms with van der Waals surface area (Å²) < 4.78 is 2.36. The zero-order valence-electron chi connectivity index (χ0n) is 15.6. The molecule has 0 spiro atoms. The van der Waals surface area contributed by atoms with E-state index >= 15 is 0 Å². The van der Waals surface area contributed by atoms with Crippen LogP contribution in [0, 0.1) is 0 Å². The molecule has 2 fully saturated rings. The van der Waals surface area contributed by atoms with E-state index in [1.165, 1.54) is 17.8 Å². The average molecular weight is 372 g/mol. The second kappa shape index (κ2) is 6.90. The zero-order valence-corrected chi connectivity index (χ0v) is 15.6. The van der Waals surface area contributed by atoms with Crippen molar-refractivity contribution in [3.63, 3.8) is 0 Å². The first kappa shape index (κ1) is 17.9. The number of amides is 1. The third kappa shape index (κ3) is 3.06. The maximum absolute atomic E-state index is 12.9. The van der Waals surface area contributed by atoms with Crippen LogP contribution in [0.1, 0.15) is 16.8 Å². The molecule has 27 heavy (non-hydrogen) atoms. The molecule has 1 N–H and O–H groups in total. The molecule has 4 rings (SSSR count). The van der Waals surface area contributed by atoms with Gasteiger partial charge < -0.3 is 10.2 Å². The summed E-state index contributed by atoms with van der Waals surface area (Å²) in [4.78, 5) is 45.9. The van der Waals surface area contributed by atoms with Crippen LogP contribution < -0.4 is 16.6 Å². The second-order valence-corrected chi connectivity index (χ2v) is 7.28. The summed E-state index contributed by atoms with van der Waals surface area (Å²) in [5, 5.41) is 3.63. The summed E-state index contributed by atoms with van der Waals surface area (Å²) >= 11 is 0. The van der Waals surface area contributed by atoms with Crippen LogP contribution in [-0.4, -0.2) is 75.1 Å². The third-order valence-corrected chi connectivity index (χ3v) is 5.66. The number of aryl methyl sites for hydroxylation is 1. The van der Waals surface area contributed by atoms with Gasteiger partial charge in [0, 0.05) is 65.6 Å². The molecule has 2 aromatic rings. The van der Waals surface area contributed by atoms with Crippen molar-refractivity contribution in [1.82, 2.24) is 29.2 Å². The number of fused-ring (bicyclic) bond motifs is 1. The Bertz CT molecular complexity index is 1000. The standard InChI is InChI=1S/C18H24N6O3/c1-21-15-14(17(26)22(2)18(21)27)9-12(10-20-15)16(25)24-6-3-13(11-24)23-7-4-19-5-8-23/h9-10,13,19H,3-8,11H2,1-2H3. The van der Waals surface area contributed by atoms with Crippen molar-refractivity contribution in [3.05, 3.63) is 38.7 Å². The summed E-state index contributed by atoms with van der Waals surface area (Å²) in [6.07, 6.45) is 2.42. The number of hydrogen-bond acceptors (Lipinski definition) is 6. The molecule has 0 bridgehead atoms. The van der Waals surface area contributed by atoms with E-state index in [9.17, 15) is 14.4 Å². The first-order chi connectivity index (χ1) is 13.0. The van der Waals surface area contributed by atoms with Crippen molar-refractivity contribution in [2.75, 3.05) is 39.3 Å². The lowest BCUT2D eigenvalue weighted by atomic mass is 10.2. The minimum Gasteiger partial charge on any atom is -0.337 e. The van der Waals surface area contributed by atoms with Gasteiger partial charge in [0.1, 0.15) is 5.65 Å². The summed E-state index contributed by atoms with van der Waals surface area (Å²) in [5.41, 5.74) is -0.188. The van der Waals surface area contributed by atoms with Crippen LogP contribution in [-0.2, 0) is 14.1 Å². The lowest BCUT2D eigenvalue weighted by Crippen LogP contribution is -2.49. The highest BCUT2D eigenvalue weighted by Crippen LogP contribution is 2.19. The Balaban J connectivity index is 1.60. The van der Waals surface area contributed by atoms with Gasteiger partial charge >= 0.3 is 5.69 Å². The lowest BCUT2D eigenvalue weighted by Gasteiger charge is -2.32. The predicted octanol–water partition coefficient (Wildman–Crippen LogP) is -1.25. The molecule has 0 radical (unpaired) electrons. The van der Waals surface area contributed by atoms with Crippen molar-refractivity contribution in [2.24, 2.45) is 14.1 Å². The van der Waals surface area contributed by atoms with Gasteiger partial charge in [-0.2, -0.15) is 0 Å². The zero-order chi connectivity index (χ0) is 19.1. The van der Waals surface area contributed by atoms with Gasteiger partial charge in [-0.3, -0.25) is 23.6 Å². The molecule has 2 aromatic heterocycles. The minimum atomic E-state index is -0.435. The largest absolute Gasteiger partial charge is 0.337 e. The van der Waals surface area contributed by atoms with E-state index < -0.39 is 11.2 Å². The van der Waals surface area contributed by atoms with Gasteiger partial charge in [-0.25, -0.2) is 9.78 Å². The van der Waals surface area contributed by atoms with E-state index in [4.69, 9.17) is 0 Å². The first-order valence-electron chi connectivity index (χ1n) is 9.27. The maximum Gasteiger partial charge on any atom is 0.332 e. The maximum atomic E-state index is 12.9. The Morgan fingerprint density at radius 3 is 2.63 bits per heavy atom. The first-order valence-corrected chi connectivity index (χ1v) is 9.27. The highest BCUT2D eigenvalue weighted by molar-refractivity contribution is 5.96. The highest BCUT2D eigenvalue weighted by atomic mass is 16.2. The quantitative estimate of drug-likeness (QED) is 0.708. The topological polar surface area (TPSA) is 92.5 Å². The molecule has 2 aliphatic heterocycles. The Labute approximate surface area is 156 Å². The van der Waals surface area contributed by atoms with Crippen molar-refractivity contribution >= 4 is 16.9 Å². The van der Waals surface area contributed by atoms with Crippen molar-refractivity contribution in [3.8, 4) is 0 Å². The molecule has 2 saturated heterocycles. The summed E-state index contributed by atoms with van der Waals surface area (Å²) in [6.45, 7) is 5.39. The Hall–Kier alpha value is -2.52. The molecule has 0 saturated carbocycles. The summed E-state index contributed by atoms with van der Waals surface area (Å²) in [6, 6.07) is 1.95. The van der Waals surface area contributed by atoms with Crippen molar-refractivity contribution < 1.29 is 4.79 Å². The number of carbonyl (C=O) groups is 1. The monoisotopic (exact) mass is 372 g/mol. The second-order valence-electron chi connectivity index (χ2n) is 7.28. The lowest BCUT2D eigenvalue weighted by molar-refractivity contribution is 0.0773. The van der Waals surface area contributed by atoms with Gasteiger partial charge in [0.2, 0.25) is 0 Å². The van der Waals surface area contributed by atoms with Gasteiger partial charge in [0.05, 0.1) is 10.9 Å². The molecule has 1 amide bonds. The number of piperazine rings is 1. The molecule has 9 nitrogen and oxygen atoms in total. The summed E-state index contributed by atoms with van der Waals surface area (Å²) in [7, 11) is 2.99. The van der Waals surface area contributed by atoms with Crippen molar-refractivity contribution in [1.29, 1.82) is 0 Å². The minimum absolute atomic E-state index is 0.113. The molecule has 2 aliphatic rings. The SMILES string of the molecule is Cn1c(=O)c2cc(C(=O)N3CCC(N4CCNCC4)C3)cnc2n(C)c1=O. The van der Waals surface area contributed by atoms with Crippen LogP contribution in [0.4, 0.5) is 0 Å². The Kier molecular flexibility index (Phi) is 4.56. The van der Waals surface area contributed by atoms with Crippen molar-refractivity contribution in [2.45, 2.75) is 12.5 Å². The Morgan fingerprint density at radius 1 is 1.15 bits per heavy atom. The fourth-order valence-corrected chi connectivity index (χ4v) is 4.04. The Morgan fingerprint density at radius 2 is 1.89 bits per heavy atom. The van der Waals surface area contributed by atoms with E-state index in [1.807, 2.05) is 4.90 Å². The number of aromatic nitrogens is 3. The fraction of sp³-hybridized carbons (Fsp3) is 0.556. The van der Waals surface area contributed by atoms with E-state index in [0.717, 1.165) is 37.2 Å². The van der Waals surface area contributed by atoms with Crippen LogP contribution in [0.15, 0.2) is 21.9 Å². The van der Waals surface area contributed by atoms with Crippen LogP contribution in [0.5, 0.6) is 0 Å².